The van der Waals surface area contributed by atoms with Gasteiger partial charge in [-0.2, -0.15) is 0 Å². The zero-order valence-corrected chi connectivity index (χ0v) is 13.2. The van der Waals surface area contributed by atoms with E-state index in [1.807, 2.05) is 54.6 Å². The lowest BCUT2D eigenvalue weighted by molar-refractivity contribution is 0.259. The fourth-order valence-corrected chi connectivity index (χ4v) is 2.25. The van der Waals surface area contributed by atoms with Gasteiger partial charge in [-0.15, -0.1) is 0 Å². The Hall–Kier alpha value is -3.65. The summed E-state index contributed by atoms with van der Waals surface area (Å²) >= 11 is 0. The number of fused-ring (bicyclic) bond motifs is 1. The number of pyridine rings is 1. The average molecular weight is 327 g/mol. The Morgan fingerprint density at radius 2 is 1.84 bits per heavy atom. The third-order valence-electron chi connectivity index (χ3n) is 3.44. The monoisotopic (exact) mass is 327 g/mol. The summed E-state index contributed by atoms with van der Waals surface area (Å²) in [7, 11) is 0. The Kier molecular flexibility index (Phi) is 4.09. The molecule has 5 heteroatoms. The summed E-state index contributed by atoms with van der Waals surface area (Å²) in [6.07, 6.45) is 3.28. The quantitative estimate of drug-likeness (QED) is 0.538. The molecule has 25 heavy (non-hydrogen) atoms. The zero-order chi connectivity index (χ0) is 16.9. The van der Waals surface area contributed by atoms with Gasteiger partial charge in [0.05, 0.1) is 6.26 Å². The molecule has 3 aromatic heterocycles. The van der Waals surface area contributed by atoms with E-state index in [0.29, 0.717) is 28.5 Å². The first kappa shape index (κ1) is 14.9. The minimum Gasteiger partial charge on any atom is -0.467 e. The second-order valence-corrected chi connectivity index (χ2v) is 5.21. The molecule has 0 radical (unpaired) electrons. The van der Waals surface area contributed by atoms with Crippen molar-refractivity contribution in [1.29, 1.82) is 0 Å². The number of aromatic nitrogens is 3. The molecule has 0 aliphatic heterocycles. The lowest BCUT2D eigenvalue weighted by Crippen LogP contribution is -2.02. The van der Waals surface area contributed by atoms with E-state index in [2.05, 4.69) is 26.8 Å². The van der Waals surface area contributed by atoms with Crippen LogP contribution in [-0.2, 0) is 6.61 Å². The van der Waals surface area contributed by atoms with E-state index >= 15 is 0 Å². The summed E-state index contributed by atoms with van der Waals surface area (Å²) in [5.41, 5.74) is 2.52. The maximum absolute atomic E-state index is 5.78. The van der Waals surface area contributed by atoms with Crippen molar-refractivity contribution in [2.45, 2.75) is 6.61 Å². The summed E-state index contributed by atoms with van der Waals surface area (Å²) in [6.45, 7) is 0.257. The van der Waals surface area contributed by atoms with Gasteiger partial charge in [0.15, 0.2) is 11.3 Å². The van der Waals surface area contributed by atoms with Gasteiger partial charge >= 0.3 is 0 Å². The minimum atomic E-state index is 0.257. The first-order valence-corrected chi connectivity index (χ1v) is 7.73. The molecule has 0 unspecified atom stereocenters. The Balaban J connectivity index is 1.72. The SMILES string of the molecule is C(#Cc1nc2ncccc2nc1OCc1ccco1)c1ccccc1. The number of furan rings is 1. The molecule has 0 bridgehead atoms. The van der Waals surface area contributed by atoms with Crippen LogP contribution < -0.4 is 4.74 Å². The fourth-order valence-electron chi connectivity index (χ4n) is 2.25. The van der Waals surface area contributed by atoms with E-state index in [4.69, 9.17) is 9.15 Å². The van der Waals surface area contributed by atoms with Crippen LogP contribution in [-0.4, -0.2) is 15.0 Å². The summed E-state index contributed by atoms with van der Waals surface area (Å²) in [5.74, 6) is 7.17. The molecule has 0 saturated heterocycles. The molecular weight excluding hydrogens is 314 g/mol. The number of benzene rings is 1. The Morgan fingerprint density at radius 3 is 2.68 bits per heavy atom. The van der Waals surface area contributed by atoms with Crippen LogP contribution >= 0.6 is 0 Å². The lowest BCUT2D eigenvalue weighted by atomic mass is 10.2. The number of ether oxygens (including phenoxy) is 1. The number of rotatable bonds is 3. The van der Waals surface area contributed by atoms with Gasteiger partial charge < -0.3 is 9.15 Å². The lowest BCUT2D eigenvalue weighted by Gasteiger charge is -2.06. The average Bonchev–Trinajstić information content (AvgIpc) is 3.19. The fraction of sp³-hybridized carbons (Fsp3) is 0.0500. The van der Waals surface area contributed by atoms with Crippen molar-refractivity contribution in [1.82, 2.24) is 15.0 Å². The molecule has 0 fully saturated rings. The van der Waals surface area contributed by atoms with Gasteiger partial charge in [0.2, 0.25) is 5.88 Å². The number of hydrogen-bond acceptors (Lipinski definition) is 5. The van der Waals surface area contributed by atoms with Crippen LogP contribution in [0.2, 0.25) is 0 Å². The van der Waals surface area contributed by atoms with Crippen LogP contribution in [0.5, 0.6) is 5.88 Å². The Bertz CT molecular complexity index is 1050. The third-order valence-corrected chi connectivity index (χ3v) is 3.44. The van der Waals surface area contributed by atoms with E-state index in [9.17, 15) is 0 Å². The van der Waals surface area contributed by atoms with E-state index in [0.717, 1.165) is 5.56 Å². The van der Waals surface area contributed by atoms with Gasteiger partial charge in [-0.25, -0.2) is 15.0 Å². The van der Waals surface area contributed by atoms with Gasteiger partial charge in [0, 0.05) is 11.8 Å². The molecule has 0 aliphatic rings. The Labute approximate surface area is 144 Å². The van der Waals surface area contributed by atoms with E-state index in [1.54, 1.807) is 12.5 Å². The predicted octanol–water partition coefficient (Wildman–Crippen LogP) is 3.60. The molecule has 3 heterocycles. The zero-order valence-electron chi connectivity index (χ0n) is 13.2. The molecular formula is C20H13N3O2. The molecule has 0 amide bonds. The maximum Gasteiger partial charge on any atom is 0.250 e. The normalized spacial score (nSPS) is 10.2. The molecule has 0 aliphatic carbocycles. The molecule has 0 saturated carbocycles. The molecule has 0 atom stereocenters. The number of nitrogens with zero attached hydrogens (tertiary/aromatic N) is 3. The molecule has 120 valence electrons. The van der Waals surface area contributed by atoms with Crippen LogP contribution in [0, 0.1) is 11.8 Å². The van der Waals surface area contributed by atoms with Gasteiger partial charge in [-0.05, 0) is 42.3 Å². The highest BCUT2D eigenvalue weighted by molar-refractivity contribution is 5.71. The molecule has 4 rings (SSSR count). The number of hydrogen-bond donors (Lipinski definition) is 0. The second-order valence-electron chi connectivity index (χ2n) is 5.21. The summed E-state index contributed by atoms with van der Waals surface area (Å²) in [4.78, 5) is 13.2. The second kappa shape index (κ2) is 6.85. The van der Waals surface area contributed by atoms with Gasteiger partial charge in [-0.1, -0.05) is 24.1 Å². The highest BCUT2D eigenvalue weighted by Crippen LogP contribution is 2.18. The third kappa shape index (κ3) is 3.48. The summed E-state index contributed by atoms with van der Waals surface area (Å²) in [5, 5.41) is 0. The van der Waals surface area contributed by atoms with Crippen LogP contribution in [0.1, 0.15) is 17.0 Å². The van der Waals surface area contributed by atoms with E-state index in [-0.39, 0.29) is 6.61 Å². The van der Waals surface area contributed by atoms with Crippen LogP contribution in [0.25, 0.3) is 11.2 Å². The van der Waals surface area contributed by atoms with Crippen molar-refractivity contribution in [2.24, 2.45) is 0 Å². The van der Waals surface area contributed by atoms with Crippen molar-refractivity contribution in [2.75, 3.05) is 0 Å². The van der Waals surface area contributed by atoms with Crippen LogP contribution in [0.15, 0.2) is 71.5 Å². The van der Waals surface area contributed by atoms with Crippen LogP contribution in [0.4, 0.5) is 0 Å². The highest BCUT2D eigenvalue weighted by Gasteiger charge is 2.10. The molecule has 0 spiro atoms. The molecule has 4 aromatic rings. The van der Waals surface area contributed by atoms with Gasteiger partial charge in [0.25, 0.3) is 0 Å². The smallest absolute Gasteiger partial charge is 0.250 e. The van der Waals surface area contributed by atoms with Gasteiger partial charge in [-0.3, -0.25) is 0 Å². The molecule has 1 aromatic carbocycles. The minimum absolute atomic E-state index is 0.257. The maximum atomic E-state index is 5.78. The molecule has 0 N–H and O–H groups in total. The largest absolute Gasteiger partial charge is 0.467 e. The first-order valence-electron chi connectivity index (χ1n) is 7.73. The van der Waals surface area contributed by atoms with Gasteiger partial charge in [0.1, 0.15) is 17.9 Å². The highest BCUT2D eigenvalue weighted by atomic mass is 16.5. The van der Waals surface area contributed by atoms with Crippen molar-refractivity contribution in [3.63, 3.8) is 0 Å². The summed E-state index contributed by atoms with van der Waals surface area (Å²) in [6, 6.07) is 17.0. The van der Waals surface area contributed by atoms with Crippen LogP contribution in [0.3, 0.4) is 0 Å². The molecule has 5 nitrogen and oxygen atoms in total. The van der Waals surface area contributed by atoms with Crippen molar-refractivity contribution >= 4 is 11.2 Å². The van der Waals surface area contributed by atoms with E-state index in [1.165, 1.54) is 0 Å². The predicted molar refractivity (Wildman–Crippen MR) is 92.8 cm³/mol. The Morgan fingerprint density at radius 1 is 0.920 bits per heavy atom. The van der Waals surface area contributed by atoms with Crippen molar-refractivity contribution < 1.29 is 9.15 Å². The van der Waals surface area contributed by atoms with Crippen molar-refractivity contribution in [3.05, 3.63) is 84.1 Å². The van der Waals surface area contributed by atoms with E-state index < -0.39 is 0 Å². The topological polar surface area (TPSA) is 61.0 Å². The van der Waals surface area contributed by atoms with Crippen molar-refractivity contribution in [3.8, 4) is 17.7 Å². The first-order chi connectivity index (χ1) is 12.4. The summed E-state index contributed by atoms with van der Waals surface area (Å²) < 4.78 is 11.1. The standard InChI is InChI=1S/C20H13N3O2/c1-2-6-15(7-3-1)10-11-18-20(25-14-16-8-5-13-24-16)23-17-9-4-12-21-19(17)22-18/h1-9,12-13H,14H2.